The van der Waals surface area contributed by atoms with Crippen LogP contribution in [0.1, 0.15) is 16.8 Å². The Morgan fingerprint density at radius 3 is 2.29 bits per heavy atom. The summed E-state index contributed by atoms with van der Waals surface area (Å²) in [6.45, 7) is 0. The van der Waals surface area contributed by atoms with Crippen LogP contribution in [0.4, 0.5) is 32.2 Å². The Bertz CT molecular complexity index is 748. The van der Waals surface area contributed by atoms with Crippen molar-refractivity contribution in [2.45, 2.75) is 18.8 Å². The van der Waals surface area contributed by atoms with E-state index in [2.05, 4.69) is 10.4 Å². The molecule has 2 rings (SSSR count). The van der Waals surface area contributed by atoms with Crippen molar-refractivity contribution in [2.24, 2.45) is 7.05 Å². The number of anilines is 1. The van der Waals surface area contributed by atoms with Crippen LogP contribution in [0, 0.1) is 0 Å². The molecule has 24 heavy (non-hydrogen) atoms. The maximum absolute atomic E-state index is 12.9. The molecule has 0 spiro atoms. The van der Waals surface area contributed by atoms with Gasteiger partial charge < -0.3 is 5.32 Å². The monoisotopic (exact) mass is 351 g/mol. The zero-order valence-electron chi connectivity index (χ0n) is 12.2. The van der Waals surface area contributed by atoms with Crippen LogP contribution in [0.3, 0.4) is 0 Å². The molecular formula is C14H11F6N3O. The third kappa shape index (κ3) is 4.06. The number of aryl methyl sites for hydroxylation is 1. The van der Waals surface area contributed by atoms with E-state index in [1.165, 1.54) is 19.2 Å². The summed E-state index contributed by atoms with van der Waals surface area (Å²) in [4.78, 5) is 11.9. The van der Waals surface area contributed by atoms with E-state index in [-0.39, 0.29) is 11.4 Å². The first-order valence-corrected chi connectivity index (χ1v) is 6.54. The lowest BCUT2D eigenvalue weighted by atomic mass is 10.0. The molecule has 1 aromatic heterocycles. The van der Waals surface area contributed by atoms with Crippen molar-refractivity contribution in [3.8, 4) is 0 Å². The van der Waals surface area contributed by atoms with Gasteiger partial charge in [-0.2, -0.15) is 31.4 Å². The minimum Gasteiger partial charge on any atom is -0.311 e. The Hall–Kier alpha value is -2.52. The minimum atomic E-state index is -4.69. The highest BCUT2D eigenvalue weighted by Crippen LogP contribution is 2.32. The molecule has 1 N–H and O–H groups in total. The maximum atomic E-state index is 12.9. The average Bonchev–Trinajstić information content (AvgIpc) is 2.79. The van der Waals surface area contributed by atoms with Gasteiger partial charge in [-0.05, 0) is 11.6 Å². The summed E-state index contributed by atoms with van der Waals surface area (Å²) in [5.41, 5.74) is -2.46. The summed E-state index contributed by atoms with van der Waals surface area (Å²) in [5.74, 6) is -1.15. The first-order valence-electron chi connectivity index (χ1n) is 6.54. The Labute approximate surface area is 132 Å². The number of hydrogen-bond acceptors (Lipinski definition) is 2. The molecule has 10 heteroatoms. The number of halogens is 6. The van der Waals surface area contributed by atoms with Gasteiger partial charge in [-0.3, -0.25) is 9.48 Å². The van der Waals surface area contributed by atoms with E-state index in [1.54, 1.807) is 0 Å². The number of hydrogen-bond donors (Lipinski definition) is 1. The van der Waals surface area contributed by atoms with Gasteiger partial charge in [0.1, 0.15) is 5.82 Å². The topological polar surface area (TPSA) is 46.9 Å². The van der Waals surface area contributed by atoms with Crippen LogP contribution in [0.15, 0.2) is 30.3 Å². The first-order chi connectivity index (χ1) is 11.0. The van der Waals surface area contributed by atoms with Gasteiger partial charge in [0.25, 0.3) is 0 Å². The Morgan fingerprint density at radius 1 is 1.12 bits per heavy atom. The van der Waals surface area contributed by atoms with Crippen molar-refractivity contribution in [1.82, 2.24) is 9.78 Å². The zero-order chi connectivity index (χ0) is 18.1. The van der Waals surface area contributed by atoms with Gasteiger partial charge in [0.05, 0.1) is 12.0 Å². The fourth-order valence-electron chi connectivity index (χ4n) is 2.03. The Balaban J connectivity index is 2.17. The highest BCUT2D eigenvalue weighted by molar-refractivity contribution is 5.91. The van der Waals surface area contributed by atoms with Crippen molar-refractivity contribution >= 4 is 11.7 Å². The standard InChI is InChI=1S/C14H11F6N3O/c1-23-11(7-10(22-23)14(18,19)20)21-12(24)6-8-4-2-3-5-9(8)13(15,16)17/h2-5,7H,6H2,1H3,(H,21,24). The fraction of sp³-hybridized carbons (Fsp3) is 0.286. The summed E-state index contributed by atoms with van der Waals surface area (Å²) in [6.07, 6.45) is -9.96. The highest BCUT2D eigenvalue weighted by Gasteiger charge is 2.35. The van der Waals surface area contributed by atoms with Crippen LogP contribution < -0.4 is 5.32 Å². The summed E-state index contributed by atoms with van der Waals surface area (Å²) in [5, 5.41) is 5.32. The minimum absolute atomic E-state index is 0.267. The molecule has 0 saturated carbocycles. The normalized spacial score (nSPS) is 12.3. The molecule has 4 nitrogen and oxygen atoms in total. The van der Waals surface area contributed by atoms with Crippen LogP contribution >= 0.6 is 0 Å². The highest BCUT2D eigenvalue weighted by atomic mass is 19.4. The lowest BCUT2D eigenvalue weighted by Gasteiger charge is -2.12. The van der Waals surface area contributed by atoms with Crippen molar-refractivity contribution in [1.29, 1.82) is 0 Å². The van der Waals surface area contributed by atoms with E-state index in [0.29, 0.717) is 6.07 Å². The molecule has 0 atom stereocenters. The van der Waals surface area contributed by atoms with Crippen molar-refractivity contribution in [3.05, 3.63) is 47.2 Å². The van der Waals surface area contributed by atoms with E-state index in [0.717, 1.165) is 16.8 Å². The lowest BCUT2D eigenvalue weighted by molar-refractivity contribution is -0.141. The number of benzene rings is 1. The van der Waals surface area contributed by atoms with Crippen molar-refractivity contribution in [2.75, 3.05) is 5.32 Å². The van der Waals surface area contributed by atoms with E-state index in [9.17, 15) is 31.1 Å². The number of amides is 1. The van der Waals surface area contributed by atoms with Gasteiger partial charge in [0.2, 0.25) is 5.91 Å². The van der Waals surface area contributed by atoms with Gasteiger partial charge in [0.15, 0.2) is 5.69 Å². The fourth-order valence-corrected chi connectivity index (χ4v) is 2.03. The quantitative estimate of drug-likeness (QED) is 0.859. The molecule has 0 bridgehead atoms. The third-order valence-electron chi connectivity index (χ3n) is 3.11. The predicted molar refractivity (Wildman–Crippen MR) is 72.0 cm³/mol. The molecule has 0 unspecified atom stereocenters. The second-order valence-corrected chi connectivity index (χ2v) is 4.92. The second-order valence-electron chi connectivity index (χ2n) is 4.92. The molecule has 0 saturated heterocycles. The Kier molecular flexibility index (Phi) is 4.59. The van der Waals surface area contributed by atoms with Crippen molar-refractivity contribution in [3.63, 3.8) is 0 Å². The van der Waals surface area contributed by atoms with Crippen molar-refractivity contribution < 1.29 is 31.1 Å². The van der Waals surface area contributed by atoms with E-state index >= 15 is 0 Å². The van der Waals surface area contributed by atoms with Crippen LogP contribution in [0.2, 0.25) is 0 Å². The number of rotatable bonds is 3. The molecule has 130 valence electrons. The molecule has 1 amide bonds. The second kappa shape index (κ2) is 6.17. The molecule has 0 fully saturated rings. The molecule has 0 aliphatic rings. The van der Waals surface area contributed by atoms with Gasteiger partial charge in [0, 0.05) is 13.1 Å². The SMILES string of the molecule is Cn1nc(C(F)(F)F)cc1NC(=O)Cc1ccccc1C(F)(F)F. The molecule has 1 aromatic carbocycles. The van der Waals surface area contributed by atoms with Crippen LogP contribution in [-0.2, 0) is 30.6 Å². The van der Waals surface area contributed by atoms with Crippen LogP contribution in [0.5, 0.6) is 0 Å². The number of carbonyl (C=O) groups excluding carboxylic acids is 1. The van der Waals surface area contributed by atoms with Gasteiger partial charge in [-0.1, -0.05) is 18.2 Å². The average molecular weight is 351 g/mol. The number of alkyl halides is 6. The smallest absolute Gasteiger partial charge is 0.311 e. The van der Waals surface area contributed by atoms with E-state index in [1.807, 2.05) is 0 Å². The third-order valence-corrected chi connectivity index (χ3v) is 3.11. The number of aromatic nitrogens is 2. The molecule has 0 aliphatic heterocycles. The zero-order valence-corrected chi connectivity index (χ0v) is 12.2. The molecular weight excluding hydrogens is 340 g/mol. The summed E-state index contributed by atoms with van der Waals surface area (Å²) in [6, 6.07) is 5.08. The Morgan fingerprint density at radius 2 is 1.75 bits per heavy atom. The number of carbonyl (C=O) groups is 1. The molecule has 2 aromatic rings. The lowest BCUT2D eigenvalue weighted by Crippen LogP contribution is -2.19. The van der Waals surface area contributed by atoms with E-state index in [4.69, 9.17) is 0 Å². The summed E-state index contributed by atoms with van der Waals surface area (Å²) in [7, 11) is 1.18. The maximum Gasteiger partial charge on any atom is 0.435 e. The van der Waals surface area contributed by atoms with Gasteiger partial charge >= 0.3 is 12.4 Å². The first kappa shape index (κ1) is 17.8. The summed E-state index contributed by atoms with van der Waals surface area (Å²) < 4.78 is 77.0. The van der Waals surface area contributed by atoms with Crippen LogP contribution in [0.25, 0.3) is 0 Å². The number of nitrogens with one attached hydrogen (secondary N) is 1. The molecule has 0 radical (unpaired) electrons. The van der Waals surface area contributed by atoms with E-state index < -0.39 is 35.9 Å². The largest absolute Gasteiger partial charge is 0.435 e. The predicted octanol–water partition coefficient (Wildman–Crippen LogP) is 3.64. The van der Waals surface area contributed by atoms with Gasteiger partial charge in [-0.15, -0.1) is 0 Å². The summed E-state index contributed by atoms with van der Waals surface area (Å²) >= 11 is 0. The van der Waals surface area contributed by atoms with Crippen LogP contribution in [-0.4, -0.2) is 15.7 Å². The molecule has 0 aliphatic carbocycles. The molecule has 1 heterocycles. The number of nitrogens with zero attached hydrogens (tertiary/aromatic N) is 2. The van der Waals surface area contributed by atoms with Gasteiger partial charge in [-0.25, -0.2) is 0 Å².